The van der Waals surface area contributed by atoms with Crippen LogP contribution in [0.5, 0.6) is 5.75 Å². The molecule has 1 aliphatic heterocycles. The Morgan fingerprint density at radius 2 is 1.73 bits per heavy atom. The minimum absolute atomic E-state index is 0.0740. The van der Waals surface area contributed by atoms with Crippen molar-refractivity contribution in [2.24, 2.45) is 11.8 Å². The van der Waals surface area contributed by atoms with Crippen LogP contribution in [0, 0.1) is 11.8 Å². The molecule has 2 aromatic rings. The number of hydrogen-bond acceptors (Lipinski definition) is 8. The molecule has 0 aromatic heterocycles. The first-order valence-electron chi connectivity index (χ1n) is 18.2. The van der Waals surface area contributed by atoms with Crippen LogP contribution in [-0.2, 0) is 20.7 Å². The molecular formula is C39H57N3O7. The molecule has 2 unspecified atom stereocenters. The van der Waals surface area contributed by atoms with Gasteiger partial charge in [-0.1, -0.05) is 61.7 Å². The van der Waals surface area contributed by atoms with Crippen molar-refractivity contribution in [3.05, 3.63) is 65.7 Å². The Hall–Kier alpha value is -3.18. The molecule has 10 heteroatoms. The summed E-state index contributed by atoms with van der Waals surface area (Å²) in [6, 6.07) is 16.2. The van der Waals surface area contributed by atoms with Gasteiger partial charge in [-0.25, -0.2) is 4.79 Å². The first-order valence-corrected chi connectivity index (χ1v) is 18.2. The molecule has 0 spiro atoms. The van der Waals surface area contributed by atoms with E-state index in [0.717, 1.165) is 69.7 Å². The lowest BCUT2D eigenvalue weighted by atomic mass is 9.79. The topological polar surface area (TPSA) is 121 Å². The van der Waals surface area contributed by atoms with E-state index in [1.807, 2.05) is 54.6 Å². The van der Waals surface area contributed by atoms with Gasteiger partial charge >= 0.3 is 6.09 Å². The van der Waals surface area contributed by atoms with Crippen LogP contribution in [0.4, 0.5) is 4.79 Å². The summed E-state index contributed by atoms with van der Waals surface area (Å²) < 4.78 is 17.0. The molecule has 3 aliphatic rings. The molecule has 1 heterocycles. The molecule has 2 aromatic carbocycles. The number of ether oxygens (including phenoxy) is 3. The molecule has 3 fully saturated rings. The van der Waals surface area contributed by atoms with E-state index in [9.17, 15) is 19.8 Å². The van der Waals surface area contributed by atoms with E-state index in [4.69, 9.17) is 14.2 Å². The summed E-state index contributed by atoms with van der Waals surface area (Å²) >= 11 is 0. The smallest absolute Gasteiger partial charge is 0.407 e. The van der Waals surface area contributed by atoms with Crippen LogP contribution in [0.2, 0.25) is 0 Å². The molecular weight excluding hydrogens is 622 g/mol. The molecule has 0 bridgehead atoms. The Kier molecular flexibility index (Phi) is 13.0. The number of carbonyl (C=O) groups is 2. The number of likely N-dealkylation sites (N-methyl/N-ethyl adjacent to an activating group) is 1. The second-order valence-electron chi connectivity index (χ2n) is 15.1. The number of hydrogen-bond donors (Lipinski definition) is 3. The van der Waals surface area contributed by atoms with E-state index in [1.54, 1.807) is 32.7 Å². The van der Waals surface area contributed by atoms with Gasteiger partial charge in [0, 0.05) is 26.7 Å². The average molecular weight is 680 g/mol. The SMILES string of the molecule is CN(C(=O)[C@H](C[C@H](O)[C@H](Cc1ccccc1)NC(=O)OC(C)(C)C)c1ccc(OCCN2CCOCC2)cc1)[C@H]1C2CCCCC2C[C@H]1O. The van der Waals surface area contributed by atoms with Crippen molar-refractivity contribution in [3.8, 4) is 5.75 Å². The summed E-state index contributed by atoms with van der Waals surface area (Å²) in [6.45, 7) is 10.0. The Morgan fingerprint density at radius 3 is 2.43 bits per heavy atom. The number of amides is 2. The zero-order valence-electron chi connectivity index (χ0n) is 29.8. The van der Waals surface area contributed by atoms with Crippen LogP contribution in [0.1, 0.15) is 76.3 Å². The number of alkyl carbamates (subject to hydrolysis) is 1. The Balaban J connectivity index is 1.36. The Bertz CT molecular complexity index is 1330. The van der Waals surface area contributed by atoms with E-state index < -0.39 is 35.9 Å². The Morgan fingerprint density at radius 1 is 1.04 bits per heavy atom. The first kappa shape index (κ1) is 37.1. The largest absolute Gasteiger partial charge is 0.492 e. The molecule has 7 atom stereocenters. The number of morpholine rings is 1. The van der Waals surface area contributed by atoms with E-state index in [1.165, 1.54) is 6.42 Å². The summed E-state index contributed by atoms with van der Waals surface area (Å²) in [5.41, 5.74) is 0.983. The van der Waals surface area contributed by atoms with Crippen LogP contribution in [0.3, 0.4) is 0 Å². The first-order chi connectivity index (χ1) is 23.5. The summed E-state index contributed by atoms with van der Waals surface area (Å²) in [4.78, 5) is 31.6. The van der Waals surface area contributed by atoms with Crippen LogP contribution in [0.15, 0.2) is 54.6 Å². The predicted molar refractivity (Wildman–Crippen MR) is 188 cm³/mol. The highest BCUT2D eigenvalue weighted by Gasteiger charge is 2.47. The van der Waals surface area contributed by atoms with Crippen LogP contribution >= 0.6 is 0 Å². The monoisotopic (exact) mass is 679 g/mol. The zero-order valence-corrected chi connectivity index (χ0v) is 29.8. The van der Waals surface area contributed by atoms with Crippen LogP contribution in [0.25, 0.3) is 0 Å². The van der Waals surface area contributed by atoms with Gasteiger partial charge in [-0.2, -0.15) is 0 Å². The fourth-order valence-corrected chi connectivity index (χ4v) is 7.96. The highest BCUT2D eigenvalue weighted by Crippen LogP contribution is 2.45. The van der Waals surface area contributed by atoms with Crippen molar-refractivity contribution in [2.75, 3.05) is 46.5 Å². The van der Waals surface area contributed by atoms with Gasteiger partial charge in [0.15, 0.2) is 0 Å². The third-order valence-corrected chi connectivity index (χ3v) is 10.4. The summed E-state index contributed by atoms with van der Waals surface area (Å²) in [6.07, 6.45) is 3.26. The van der Waals surface area contributed by atoms with E-state index in [0.29, 0.717) is 24.7 Å². The van der Waals surface area contributed by atoms with E-state index >= 15 is 0 Å². The molecule has 49 heavy (non-hydrogen) atoms. The molecule has 1 saturated heterocycles. The fraction of sp³-hybridized carbons (Fsp3) is 0.641. The maximum Gasteiger partial charge on any atom is 0.407 e. The number of rotatable bonds is 13. The van der Waals surface area contributed by atoms with Crippen molar-refractivity contribution in [3.63, 3.8) is 0 Å². The summed E-state index contributed by atoms with van der Waals surface area (Å²) in [5, 5.41) is 25.9. The van der Waals surface area contributed by atoms with Gasteiger partial charge in [0.25, 0.3) is 0 Å². The molecule has 10 nitrogen and oxygen atoms in total. The number of aliphatic hydroxyl groups is 2. The quantitative estimate of drug-likeness (QED) is 0.277. The van der Waals surface area contributed by atoms with Gasteiger partial charge < -0.3 is 34.6 Å². The lowest BCUT2D eigenvalue weighted by Gasteiger charge is -2.37. The molecule has 0 radical (unpaired) electrons. The molecule has 270 valence electrons. The third-order valence-electron chi connectivity index (χ3n) is 10.4. The maximum atomic E-state index is 14.6. The van der Waals surface area contributed by atoms with Crippen molar-refractivity contribution in [1.29, 1.82) is 0 Å². The molecule has 2 aliphatic carbocycles. The normalized spacial score (nSPS) is 24.7. The summed E-state index contributed by atoms with van der Waals surface area (Å²) in [7, 11) is 1.80. The third kappa shape index (κ3) is 10.4. The lowest BCUT2D eigenvalue weighted by Crippen LogP contribution is -2.50. The fourth-order valence-electron chi connectivity index (χ4n) is 7.96. The van der Waals surface area contributed by atoms with Gasteiger partial charge in [0.1, 0.15) is 18.0 Å². The van der Waals surface area contributed by atoms with Gasteiger partial charge in [0.2, 0.25) is 5.91 Å². The van der Waals surface area contributed by atoms with Crippen molar-refractivity contribution in [2.45, 2.75) is 102 Å². The van der Waals surface area contributed by atoms with Gasteiger partial charge in [-0.05, 0) is 81.5 Å². The second-order valence-corrected chi connectivity index (χ2v) is 15.1. The predicted octanol–water partition coefficient (Wildman–Crippen LogP) is 4.77. The number of fused-ring (bicyclic) bond motifs is 1. The van der Waals surface area contributed by atoms with Crippen LogP contribution < -0.4 is 10.1 Å². The van der Waals surface area contributed by atoms with Crippen molar-refractivity contribution in [1.82, 2.24) is 15.1 Å². The Labute approximate surface area is 292 Å². The number of nitrogens with zero attached hydrogens (tertiary/aromatic N) is 2. The number of aliphatic hydroxyl groups excluding tert-OH is 2. The number of nitrogens with one attached hydrogen (secondary N) is 1. The zero-order chi connectivity index (χ0) is 35.0. The number of carbonyl (C=O) groups excluding carboxylic acids is 2. The standard InChI is InChI=1S/C39H57N3O7/c1-39(2,3)49-38(46)40-33(24-27-10-6-5-7-11-27)34(43)26-32(37(45)41(4)36-31-13-9-8-12-29(31)25-35(36)44)28-14-16-30(17-15-28)48-23-20-42-18-21-47-22-19-42/h5-7,10-11,14-17,29,31-36,43-44H,8-9,12-13,18-26H2,1-4H3,(H,40,46)/t29?,31?,32-,33+,34+,35-,36+/m1/s1. The second kappa shape index (κ2) is 17.2. The lowest BCUT2D eigenvalue weighted by molar-refractivity contribution is -0.137. The minimum Gasteiger partial charge on any atom is -0.492 e. The van der Waals surface area contributed by atoms with E-state index in [2.05, 4.69) is 10.2 Å². The van der Waals surface area contributed by atoms with Crippen LogP contribution in [-0.4, -0.2) is 108 Å². The van der Waals surface area contributed by atoms with Crippen molar-refractivity contribution < 1.29 is 34.0 Å². The molecule has 5 rings (SSSR count). The van der Waals surface area contributed by atoms with Crippen molar-refractivity contribution >= 4 is 12.0 Å². The van der Waals surface area contributed by atoms with Gasteiger partial charge in [-0.15, -0.1) is 0 Å². The summed E-state index contributed by atoms with van der Waals surface area (Å²) in [5.74, 6) is 0.546. The molecule has 3 N–H and O–H groups in total. The highest BCUT2D eigenvalue weighted by atomic mass is 16.6. The molecule has 2 saturated carbocycles. The number of benzene rings is 2. The van der Waals surface area contributed by atoms with Gasteiger partial charge in [-0.3, -0.25) is 9.69 Å². The average Bonchev–Trinajstić information content (AvgIpc) is 3.42. The van der Waals surface area contributed by atoms with Gasteiger partial charge in [0.05, 0.1) is 43.4 Å². The highest BCUT2D eigenvalue weighted by molar-refractivity contribution is 5.84. The minimum atomic E-state index is -1.07. The van der Waals surface area contributed by atoms with E-state index in [-0.39, 0.29) is 24.3 Å². The molecule has 2 amide bonds. The maximum absolute atomic E-state index is 14.6.